The van der Waals surface area contributed by atoms with Crippen molar-refractivity contribution in [2.24, 2.45) is 10.2 Å². The van der Waals surface area contributed by atoms with Crippen LogP contribution in [0.2, 0.25) is 0 Å². The number of H-pyrrole nitrogens is 1. The van der Waals surface area contributed by atoms with Crippen molar-refractivity contribution >= 4 is 11.4 Å². The van der Waals surface area contributed by atoms with Crippen LogP contribution in [0.15, 0.2) is 69.6 Å². The third-order valence-electron chi connectivity index (χ3n) is 3.38. The van der Waals surface area contributed by atoms with Gasteiger partial charge in [0.05, 0.1) is 17.1 Å². The van der Waals surface area contributed by atoms with Crippen molar-refractivity contribution in [1.82, 2.24) is 9.78 Å². The number of rotatable bonds is 5. The van der Waals surface area contributed by atoms with E-state index in [0.29, 0.717) is 17.1 Å². The van der Waals surface area contributed by atoms with Gasteiger partial charge in [-0.3, -0.25) is 9.89 Å². The Bertz CT molecular complexity index is 932. The van der Waals surface area contributed by atoms with Gasteiger partial charge in [-0.15, -0.1) is 5.11 Å². The van der Waals surface area contributed by atoms with Crippen molar-refractivity contribution in [3.63, 3.8) is 0 Å². The van der Waals surface area contributed by atoms with E-state index in [1.165, 1.54) is 28.9 Å². The van der Waals surface area contributed by atoms with Gasteiger partial charge in [0, 0.05) is 0 Å². The van der Waals surface area contributed by atoms with Crippen LogP contribution >= 0.6 is 0 Å². The van der Waals surface area contributed by atoms with Crippen LogP contribution < -0.4 is 10.3 Å². The summed E-state index contributed by atoms with van der Waals surface area (Å²) in [6, 6.07) is 14.7. The van der Waals surface area contributed by atoms with E-state index in [1.54, 1.807) is 19.1 Å². The quantitative estimate of drug-likeness (QED) is 0.693. The van der Waals surface area contributed by atoms with Crippen LogP contribution in [0, 0.1) is 6.92 Å². The summed E-state index contributed by atoms with van der Waals surface area (Å²) >= 11 is 0. The highest BCUT2D eigenvalue weighted by molar-refractivity contribution is 5.45. The molecule has 3 aromatic rings. The molecule has 25 heavy (non-hydrogen) atoms. The van der Waals surface area contributed by atoms with Crippen molar-refractivity contribution < 1.29 is 13.5 Å². The Labute approximate surface area is 141 Å². The van der Waals surface area contributed by atoms with E-state index in [-0.39, 0.29) is 17.0 Å². The summed E-state index contributed by atoms with van der Waals surface area (Å²) < 4.78 is 29.9. The zero-order valence-electron chi connectivity index (χ0n) is 13.2. The number of halogens is 2. The Hall–Kier alpha value is -3.29. The molecule has 0 radical (unpaired) electrons. The molecule has 128 valence electrons. The molecule has 8 heteroatoms. The van der Waals surface area contributed by atoms with Gasteiger partial charge in [0.1, 0.15) is 5.75 Å². The first-order valence-electron chi connectivity index (χ1n) is 7.38. The number of ether oxygens (including phenoxy) is 1. The SMILES string of the molecule is Cc1[nH]n(-c2ccccc2)c(=O)c1N=Nc1ccc(OC(F)F)cc1. The Morgan fingerprint density at radius 3 is 2.36 bits per heavy atom. The number of azo groups is 1. The highest BCUT2D eigenvalue weighted by Crippen LogP contribution is 2.22. The fourth-order valence-electron chi connectivity index (χ4n) is 2.22. The molecule has 0 aliphatic carbocycles. The number of para-hydroxylation sites is 1. The van der Waals surface area contributed by atoms with Crippen molar-refractivity contribution in [1.29, 1.82) is 0 Å². The van der Waals surface area contributed by atoms with Gasteiger partial charge < -0.3 is 4.74 Å². The molecule has 0 fully saturated rings. The first kappa shape index (κ1) is 16.6. The smallest absolute Gasteiger partial charge is 0.387 e. The van der Waals surface area contributed by atoms with Crippen LogP contribution in [0.1, 0.15) is 5.69 Å². The minimum absolute atomic E-state index is 0.0261. The second-order valence-corrected chi connectivity index (χ2v) is 5.13. The van der Waals surface area contributed by atoms with E-state index < -0.39 is 6.61 Å². The number of alkyl halides is 2. The first-order chi connectivity index (χ1) is 12.0. The summed E-state index contributed by atoms with van der Waals surface area (Å²) in [5, 5.41) is 10.9. The molecule has 0 bridgehead atoms. The van der Waals surface area contributed by atoms with Crippen molar-refractivity contribution in [3.8, 4) is 11.4 Å². The third kappa shape index (κ3) is 3.79. The van der Waals surface area contributed by atoms with Crippen LogP contribution in [0.5, 0.6) is 5.75 Å². The van der Waals surface area contributed by atoms with Gasteiger partial charge in [0.2, 0.25) is 0 Å². The van der Waals surface area contributed by atoms with Crippen LogP contribution in [0.4, 0.5) is 20.2 Å². The summed E-state index contributed by atoms with van der Waals surface area (Å²) in [7, 11) is 0. The highest BCUT2D eigenvalue weighted by Gasteiger charge is 2.11. The molecule has 0 atom stereocenters. The van der Waals surface area contributed by atoms with E-state index in [0.717, 1.165) is 0 Å². The number of aromatic nitrogens is 2. The molecule has 0 saturated carbocycles. The predicted octanol–water partition coefficient (Wildman–Crippen LogP) is 4.49. The van der Waals surface area contributed by atoms with Gasteiger partial charge in [0.25, 0.3) is 5.56 Å². The Balaban J connectivity index is 1.85. The Morgan fingerprint density at radius 1 is 1.04 bits per heavy atom. The maximum absolute atomic E-state index is 12.5. The minimum atomic E-state index is -2.88. The van der Waals surface area contributed by atoms with Gasteiger partial charge >= 0.3 is 6.61 Å². The van der Waals surface area contributed by atoms with Gasteiger partial charge in [-0.1, -0.05) is 18.2 Å². The number of nitrogens with zero attached hydrogens (tertiary/aromatic N) is 3. The van der Waals surface area contributed by atoms with Crippen molar-refractivity contribution in [2.45, 2.75) is 13.5 Å². The second kappa shape index (κ2) is 7.08. The Morgan fingerprint density at radius 2 is 1.72 bits per heavy atom. The number of aromatic amines is 1. The van der Waals surface area contributed by atoms with Gasteiger partial charge in [-0.25, -0.2) is 4.68 Å². The number of nitrogens with one attached hydrogen (secondary N) is 1. The summed E-state index contributed by atoms with van der Waals surface area (Å²) in [6.07, 6.45) is 0. The summed E-state index contributed by atoms with van der Waals surface area (Å²) in [5.74, 6) is 0.0261. The zero-order chi connectivity index (χ0) is 17.8. The molecule has 0 aliphatic heterocycles. The topological polar surface area (TPSA) is 71.7 Å². The first-order valence-corrected chi connectivity index (χ1v) is 7.38. The molecule has 3 rings (SSSR count). The fourth-order valence-corrected chi connectivity index (χ4v) is 2.22. The van der Waals surface area contributed by atoms with Crippen LogP contribution in [0.3, 0.4) is 0 Å². The highest BCUT2D eigenvalue weighted by atomic mass is 19.3. The Kier molecular flexibility index (Phi) is 4.69. The van der Waals surface area contributed by atoms with E-state index in [1.807, 2.05) is 18.2 Å². The molecule has 1 aromatic heterocycles. The van der Waals surface area contributed by atoms with Crippen LogP contribution in [0.25, 0.3) is 5.69 Å². The monoisotopic (exact) mass is 344 g/mol. The number of hydrogen-bond donors (Lipinski definition) is 1. The molecule has 0 unspecified atom stereocenters. The molecule has 0 aliphatic rings. The average Bonchev–Trinajstić information content (AvgIpc) is 2.89. The molecule has 0 amide bonds. The number of hydrogen-bond acceptors (Lipinski definition) is 4. The maximum atomic E-state index is 12.5. The third-order valence-corrected chi connectivity index (χ3v) is 3.38. The lowest BCUT2D eigenvalue weighted by molar-refractivity contribution is -0.0498. The summed E-state index contributed by atoms with van der Waals surface area (Å²) in [4.78, 5) is 12.5. The largest absolute Gasteiger partial charge is 0.435 e. The van der Waals surface area contributed by atoms with E-state index >= 15 is 0 Å². The average molecular weight is 344 g/mol. The maximum Gasteiger partial charge on any atom is 0.387 e. The van der Waals surface area contributed by atoms with E-state index in [2.05, 4.69) is 20.1 Å². The van der Waals surface area contributed by atoms with Crippen LogP contribution in [-0.4, -0.2) is 16.4 Å². The van der Waals surface area contributed by atoms with Gasteiger partial charge in [0.15, 0.2) is 5.69 Å². The predicted molar refractivity (Wildman–Crippen MR) is 88.4 cm³/mol. The summed E-state index contributed by atoms with van der Waals surface area (Å²) in [5.41, 5.74) is 1.51. The van der Waals surface area contributed by atoms with E-state index in [9.17, 15) is 13.6 Å². The molecule has 0 spiro atoms. The molecule has 2 aromatic carbocycles. The minimum Gasteiger partial charge on any atom is -0.435 e. The molecule has 1 heterocycles. The van der Waals surface area contributed by atoms with Crippen molar-refractivity contribution in [3.05, 3.63) is 70.6 Å². The van der Waals surface area contributed by atoms with Crippen molar-refractivity contribution in [2.75, 3.05) is 0 Å². The second-order valence-electron chi connectivity index (χ2n) is 5.13. The number of benzene rings is 2. The molecule has 0 saturated heterocycles. The normalized spacial score (nSPS) is 11.4. The summed E-state index contributed by atoms with van der Waals surface area (Å²) in [6.45, 7) is -1.17. The van der Waals surface area contributed by atoms with E-state index in [4.69, 9.17) is 0 Å². The lowest BCUT2D eigenvalue weighted by atomic mass is 10.3. The molecular formula is C17H14F2N4O2. The number of aryl methyl sites for hydroxylation is 1. The zero-order valence-corrected chi connectivity index (χ0v) is 13.2. The van der Waals surface area contributed by atoms with Gasteiger partial charge in [-0.2, -0.15) is 13.9 Å². The molecular weight excluding hydrogens is 330 g/mol. The van der Waals surface area contributed by atoms with Crippen LogP contribution in [-0.2, 0) is 0 Å². The molecule has 6 nitrogen and oxygen atoms in total. The molecule has 1 N–H and O–H groups in total. The fraction of sp³-hybridized carbons (Fsp3) is 0.118. The standard InChI is InChI=1S/C17H14F2N4O2/c1-11-15(16(24)23(22-11)13-5-3-2-4-6-13)21-20-12-7-9-14(10-8-12)25-17(18)19/h2-10,17,22H,1H3. The lowest BCUT2D eigenvalue weighted by Gasteiger charge is -2.03. The van der Waals surface area contributed by atoms with Gasteiger partial charge in [-0.05, 0) is 43.3 Å². The lowest BCUT2D eigenvalue weighted by Crippen LogP contribution is -2.13.